The Bertz CT molecular complexity index is 637. The second-order valence-corrected chi connectivity index (χ2v) is 5.44. The monoisotopic (exact) mass is 289 g/mol. The van der Waals surface area contributed by atoms with E-state index < -0.39 is 0 Å². The van der Waals surface area contributed by atoms with Crippen molar-refractivity contribution in [3.05, 3.63) is 40.1 Å². The summed E-state index contributed by atoms with van der Waals surface area (Å²) >= 11 is 1.64. The van der Waals surface area contributed by atoms with E-state index >= 15 is 0 Å². The highest BCUT2D eigenvalue weighted by molar-refractivity contribution is 7.08. The molecule has 0 saturated carbocycles. The first-order valence-corrected chi connectivity index (χ1v) is 7.25. The summed E-state index contributed by atoms with van der Waals surface area (Å²) in [6.45, 7) is 0. The van der Waals surface area contributed by atoms with Gasteiger partial charge in [-0.05, 0) is 34.0 Å². The molecule has 20 heavy (non-hydrogen) atoms. The molecule has 1 aliphatic rings. The lowest BCUT2D eigenvalue weighted by Crippen LogP contribution is -2.23. The Morgan fingerprint density at radius 1 is 1.25 bits per heavy atom. The van der Waals surface area contributed by atoms with Crippen molar-refractivity contribution < 1.29 is 14.3 Å². The first kappa shape index (κ1) is 13.0. The Hall–Kier alpha value is -2.01. The number of ether oxygens (including phenoxy) is 2. The van der Waals surface area contributed by atoms with Gasteiger partial charge in [0.1, 0.15) is 0 Å². The number of hydrogen-bond acceptors (Lipinski definition) is 4. The maximum atomic E-state index is 11.9. The number of rotatable bonds is 3. The summed E-state index contributed by atoms with van der Waals surface area (Å²) in [5, 5.41) is 7.02. The van der Waals surface area contributed by atoms with Crippen molar-refractivity contribution in [2.45, 2.75) is 12.3 Å². The van der Waals surface area contributed by atoms with Crippen molar-refractivity contribution in [2.75, 3.05) is 19.5 Å². The maximum absolute atomic E-state index is 11.9. The van der Waals surface area contributed by atoms with Crippen LogP contribution < -0.4 is 14.8 Å². The number of benzene rings is 1. The molecule has 0 radical (unpaired) electrons. The van der Waals surface area contributed by atoms with Gasteiger partial charge in [0, 0.05) is 24.1 Å². The Kier molecular flexibility index (Phi) is 3.36. The molecule has 0 bridgehead atoms. The number of hydrogen-bond donors (Lipinski definition) is 1. The molecule has 0 spiro atoms. The molecule has 0 unspecified atom stereocenters. The Balaban J connectivity index is 2.13. The number of thiophene rings is 1. The summed E-state index contributed by atoms with van der Waals surface area (Å²) in [4.78, 5) is 11.9. The molecule has 2 heterocycles. The van der Waals surface area contributed by atoms with Crippen LogP contribution in [0.4, 0.5) is 5.69 Å². The van der Waals surface area contributed by atoms with Crippen LogP contribution in [0.3, 0.4) is 0 Å². The minimum Gasteiger partial charge on any atom is -0.493 e. The van der Waals surface area contributed by atoms with E-state index in [0.29, 0.717) is 17.9 Å². The molecule has 1 atom stereocenters. The minimum atomic E-state index is 0.0286. The third kappa shape index (κ3) is 2.14. The molecule has 0 saturated heterocycles. The van der Waals surface area contributed by atoms with E-state index in [1.807, 2.05) is 17.5 Å². The zero-order valence-electron chi connectivity index (χ0n) is 11.3. The second-order valence-electron chi connectivity index (χ2n) is 4.66. The number of fused-ring (bicyclic) bond motifs is 1. The van der Waals surface area contributed by atoms with Crippen LogP contribution in [0.2, 0.25) is 0 Å². The van der Waals surface area contributed by atoms with Crippen molar-refractivity contribution in [1.29, 1.82) is 0 Å². The van der Waals surface area contributed by atoms with Crippen molar-refractivity contribution in [2.24, 2.45) is 0 Å². The number of carbonyl (C=O) groups is 1. The Labute approximate surface area is 121 Å². The van der Waals surface area contributed by atoms with E-state index in [4.69, 9.17) is 9.47 Å². The molecule has 1 aromatic carbocycles. The number of amides is 1. The number of methoxy groups -OCH3 is 2. The second kappa shape index (κ2) is 5.17. The number of carbonyl (C=O) groups excluding carboxylic acids is 1. The molecule has 2 aromatic rings. The van der Waals surface area contributed by atoms with Crippen LogP contribution in [0, 0.1) is 0 Å². The predicted molar refractivity (Wildman–Crippen MR) is 79.0 cm³/mol. The van der Waals surface area contributed by atoms with Crippen LogP contribution in [0.1, 0.15) is 23.5 Å². The van der Waals surface area contributed by atoms with Crippen LogP contribution in [-0.2, 0) is 4.79 Å². The zero-order chi connectivity index (χ0) is 14.1. The summed E-state index contributed by atoms with van der Waals surface area (Å²) in [5.74, 6) is 1.41. The van der Waals surface area contributed by atoms with E-state index in [9.17, 15) is 4.79 Å². The lowest BCUT2D eigenvalue weighted by Gasteiger charge is -2.26. The van der Waals surface area contributed by atoms with Gasteiger partial charge >= 0.3 is 0 Å². The van der Waals surface area contributed by atoms with Crippen LogP contribution in [0.5, 0.6) is 11.5 Å². The van der Waals surface area contributed by atoms with Gasteiger partial charge in [0.05, 0.1) is 14.2 Å². The smallest absolute Gasteiger partial charge is 0.225 e. The highest BCUT2D eigenvalue weighted by atomic mass is 32.1. The van der Waals surface area contributed by atoms with Crippen molar-refractivity contribution in [3.63, 3.8) is 0 Å². The summed E-state index contributed by atoms with van der Waals surface area (Å²) in [5.41, 5.74) is 3.04. The molecule has 0 fully saturated rings. The minimum absolute atomic E-state index is 0.0286. The number of nitrogens with one attached hydrogen (secondary N) is 1. The predicted octanol–water partition coefficient (Wildman–Crippen LogP) is 3.24. The van der Waals surface area contributed by atoms with E-state index in [1.54, 1.807) is 25.6 Å². The third-order valence-electron chi connectivity index (χ3n) is 3.54. The molecule has 1 aliphatic heterocycles. The summed E-state index contributed by atoms with van der Waals surface area (Å²) < 4.78 is 10.6. The van der Waals surface area contributed by atoms with Crippen LogP contribution in [0.25, 0.3) is 0 Å². The van der Waals surface area contributed by atoms with Gasteiger partial charge in [-0.3, -0.25) is 4.79 Å². The topological polar surface area (TPSA) is 47.6 Å². The van der Waals surface area contributed by atoms with Gasteiger partial charge in [0.2, 0.25) is 5.91 Å². The average Bonchev–Trinajstić information content (AvgIpc) is 2.98. The van der Waals surface area contributed by atoms with Crippen LogP contribution in [-0.4, -0.2) is 20.1 Å². The summed E-state index contributed by atoms with van der Waals surface area (Å²) in [6.07, 6.45) is 0.458. The summed E-state index contributed by atoms with van der Waals surface area (Å²) in [6, 6.07) is 5.84. The largest absolute Gasteiger partial charge is 0.493 e. The van der Waals surface area contributed by atoms with Gasteiger partial charge < -0.3 is 14.8 Å². The first-order chi connectivity index (χ1) is 9.72. The number of anilines is 1. The maximum Gasteiger partial charge on any atom is 0.225 e. The van der Waals surface area contributed by atoms with Crippen LogP contribution in [0.15, 0.2) is 29.0 Å². The quantitative estimate of drug-likeness (QED) is 0.943. The van der Waals surface area contributed by atoms with Crippen molar-refractivity contribution in [1.82, 2.24) is 0 Å². The van der Waals surface area contributed by atoms with Gasteiger partial charge in [-0.15, -0.1) is 0 Å². The summed E-state index contributed by atoms with van der Waals surface area (Å²) in [7, 11) is 3.20. The molecule has 1 N–H and O–H groups in total. The van der Waals surface area contributed by atoms with Gasteiger partial charge in [0.15, 0.2) is 11.5 Å². The fourth-order valence-electron chi connectivity index (χ4n) is 2.56. The Morgan fingerprint density at radius 3 is 2.65 bits per heavy atom. The lowest BCUT2D eigenvalue weighted by atomic mass is 9.86. The third-order valence-corrected chi connectivity index (χ3v) is 4.24. The van der Waals surface area contributed by atoms with Crippen LogP contribution >= 0.6 is 11.3 Å². The van der Waals surface area contributed by atoms with Gasteiger partial charge in [0.25, 0.3) is 0 Å². The van der Waals surface area contributed by atoms with Crippen molar-refractivity contribution >= 4 is 22.9 Å². The molecule has 5 heteroatoms. The molecule has 3 rings (SSSR count). The zero-order valence-corrected chi connectivity index (χ0v) is 12.1. The SMILES string of the molecule is COc1cc2c(cc1OC)[C@H](c1ccsc1)CC(=O)N2. The molecule has 104 valence electrons. The molecule has 0 aliphatic carbocycles. The van der Waals surface area contributed by atoms with Gasteiger partial charge in [-0.25, -0.2) is 0 Å². The lowest BCUT2D eigenvalue weighted by molar-refractivity contribution is -0.116. The van der Waals surface area contributed by atoms with E-state index in [2.05, 4.69) is 16.8 Å². The van der Waals surface area contributed by atoms with Crippen molar-refractivity contribution in [3.8, 4) is 11.5 Å². The van der Waals surface area contributed by atoms with Gasteiger partial charge in [-0.2, -0.15) is 11.3 Å². The van der Waals surface area contributed by atoms with E-state index in [1.165, 1.54) is 5.56 Å². The molecule has 4 nitrogen and oxygen atoms in total. The highest BCUT2D eigenvalue weighted by Gasteiger charge is 2.28. The van der Waals surface area contributed by atoms with Gasteiger partial charge in [-0.1, -0.05) is 0 Å². The normalized spacial score (nSPS) is 17.3. The fraction of sp³-hybridized carbons (Fsp3) is 0.267. The molecular formula is C15H15NO3S. The van der Waals surface area contributed by atoms with E-state index in [-0.39, 0.29) is 11.8 Å². The molecule has 1 aromatic heterocycles. The first-order valence-electron chi connectivity index (χ1n) is 6.30. The Morgan fingerprint density at radius 2 is 2.00 bits per heavy atom. The highest BCUT2D eigenvalue weighted by Crippen LogP contribution is 2.43. The standard InChI is InChI=1S/C15H15NO3S/c1-18-13-5-11-10(9-3-4-20-8-9)6-15(17)16-12(11)7-14(13)19-2/h3-5,7-8,10H,6H2,1-2H3,(H,16,17)/t10-/m0/s1. The van der Waals surface area contributed by atoms with E-state index in [0.717, 1.165) is 11.3 Å². The molecular weight excluding hydrogens is 274 g/mol. The average molecular weight is 289 g/mol. The fourth-order valence-corrected chi connectivity index (χ4v) is 3.27. The molecule has 1 amide bonds.